The number of anilines is 1. The van der Waals surface area contributed by atoms with Gasteiger partial charge in [0.05, 0.1) is 17.4 Å². The number of ketones is 1. The second-order valence-electron chi connectivity index (χ2n) is 18.7. The summed E-state index contributed by atoms with van der Waals surface area (Å²) in [5.74, 6) is -0.496. The first-order chi connectivity index (χ1) is 23.1. The zero-order chi connectivity index (χ0) is 36.8. The molecule has 11 heteroatoms. The number of esters is 1. The molecule has 1 aromatic rings. The highest BCUT2D eigenvalue weighted by atomic mass is 32.1. The fourth-order valence-corrected chi connectivity index (χ4v) is 12.7. The van der Waals surface area contributed by atoms with Crippen molar-refractivity contribution in [3.05, 3.63) is 16.2 Å². The molecule has 0 radical (unpaired) electrons. The van der Waals surface area contributed by atoms with Crippen molar-refractivity contribution in [3.8, 4) is 0 Å². The van der Waals surface area contributed by atoms with Gasteiger partial charge in [-0.15, -0.1) is 10.2 Å². The number of urea groups is 1. The molecule has 4 fully saturated rings. The summed E-state index contributed by atoms with van der Waals surface area (Å²) in [7, 11) is 0. The highest BCUT2D eigenvalue weighted by molar-refractivity contribution is 7.15. The molecule has 2 amide bonds. The Morgan fingerprint density at radius 3 is 2.32 bits per heavy atom. The van der Waals surface area contributed by atoms with Gasteiger partial charge in [-0.2, -0.15) is 0 Å². The van der Waals surface area contributed by atoms with Crippen LogP contribution in [0.3, 0.4) is 0 Å². The van der Waals surface area contributed by atoms with Crippen LogP contribution in [-0.2, 0) is 19.1 Å². The van der Waals surface area contributed by atoms with Gasteiger partial charge in [0.2, 0.25) is 5.13 Å². The van der Waals surface area contributed by atoms with Gasteiger partial charge in [0.15, 0.2) is 0 Å². The molecule has 276 valence electrons. The fourth-order valence-electron chi connectivity index (χ4n) is 12.2. The second kappa shape index (κ2) is 12.1. The molecular weight excluding hydrogens is 653 g/mol. The number of aryl methyl sites for hydroxylation is 1. The lowest BCUT2D eigenvalue weighted by molar-refractivity contribution is -0.214. The fraction of sp³-hybridized carbons (Fsp3) is 0.795. The molecule has 6 rings (SSSR count). The molecule has 4 saturated carbocycles. The van der Waals surface area contributed by atoms with Gasteiger partial charge in [0.25, 0.3) is 0 Å². The Labute approximate surface area is 301 Å². The van der Waals surface area contributed by atoms with Gasteiger partial charge in [-0.05, 0) is 112 Å². The van der Waals surface area contributed by atoms with Crippen molar-refractivity contribution in [1.29, 1.82) is 0 Å². The number of carbonyl (C=O) groups excluding carboxylic acids is 3. The molecule has 8 atom stereocenters. The van der Waals surface area contributed by atoms with Crippen molar-refractivity contribution in [3.63, 3.8) is 0 Å². The number of carboxylic acids is 1. The normalized spacial score (nSPS) is 37.7. The number of aliphatic carboxylic acids is 1. The van der Waals surface area contributed by atoms with E-state index in [9.17, 15) is 24.3 Å². The van der Waals surface area contributed by atoms with Crippen LogP contribution in [0.1, 0.15) is 132 Å². The Kier molecular flexibility index (Phi) is 8.96. The van der Waals surface area contributed by atoms with Gasteiger partial charge in [-0.25, -0.2) is 4.79 Å². The summed E-state index contributed by atoms with van der Waals surface area (Å²) >= 11 is 1.33. The summed E-state index contributed by atoms with van der Waals surface area (Å²) in [6.07, 6.45) is 7.25. The van der Waals surface area contributed by atoms with Gasteiger partial charge < -0.3 is 15.2 Å². The maximum atomic E-state index is 13.9. The average molecular weight is 711 g/mol. The quantitative estimate of drug-likeness (QED) is 0.190. The van der Waals surface area contributed by atoms with E-state index in [1.807, 2.05) is 6.92 Å². The van der Waals surface area contributed by atoms with E-state index in [1.54, 1.807) is 13.8 Å². The first-order valence-corrected chi connectivity index (χ1v) is 19.5. The molecule has 3 unspecified atom stereocenters. The van der Waals surface area contributed by atoms with Crippen LogP contribution in [-0.4, -0.2) is 50.7 Å². The largest absolute Gasteiger partial charge is 0.481 e. The van der Waals surface area contributed by atoms with E-state index in [4.69, 9.17) is 4.74 Å². The van der Waals surface area contributed by atoms with Crippen molar-refractivity contribution >= 4 is 40.2 Å². The number of fused-ring (bicyclic) bond motifs is 6. The van der Waals surface area contributed by atoms with Crippen LogP contribution in [0, 0.1) is 57.7 Å². The Balaban J connectivity index is 1.31. The molecule has 1 aromatic heterocycles. The van der Waals surface area contributed by atoms with E-state index in [2.05, 4.69) is 69.3 Å². The zero-order valence-corrected chi connectivity index (χ0v) is 32.6. The SMILES string of the molecule is Cc1nnc(NC(=O)N[C@@]23CC[C@]4(C)C(=C2C(C(C)C)C(=O)C3)CCC2[C@@]3(C)CC[C@H](OC(=O)CC(C)(C)C(=O)O)C(C)(C)C3CC[C@]24C)s1. The number of carbonyl (C=O) groups is 4. The van der Waals surface area contributed by atoms with Crippen molar-refractivity contribution in [2.24, 2.45) is 50.7 Å². The number of allylic oxidation sites excluding steroid dienone is 1. The molecule has 0 spiro atoms. The molecule has 1 heterocycles. The van der Waals surface area contributed by atoms with Crippen LogP contribution in [0.5, 0.6) is 0 Å². The first-order valence-electron chi connectivity index (χ1n) is 18.7. The third-order valence-electron chi connectivity index (χ3n) is 14.8. The number of nitrogens with zero attached hydrogens (tertiary/aromatic N) is 2. The Bertz CT molecular complexity index is 1630. The summed E-state index contributed by atoms with van der Waals surface area (Å²) in [6, 6.07) is -0.334. The van der Waals surface area contributed by atoms with Crippen LogP contribution in [0.2, 0.25) is 0 Å². The Morgan fingerprint density at radius 2 is 1.70 bits per heavy atom. The lowest BCUT2D eigenvalue weighted by Gasteiger charge is -2.70. The number of hydrogen-bond donors (Lipinski definition) is 3. The van der Waals surface area contributed by atoms with Crippen molar-refractivity contribution in [2.45, 2.75) is 145 Å². The molecule has 0 saturated heterocycles. The summed E-state index contributed by atoms with van der Waals surface area (Å²) in [6.45, 7) is 21.2. The highest BCUT2D eigenvalue weighted by Crippen LogP contribution is 2.75. The van der Waals surface area contributed by atoms with Crippen LogP contribution in [0.15, 0.2) is 11.1 Å². The minimum atomic E-state index is -1.17. The maximum Gasteiger partial charge on any atom is 0.321 e. The van der Waals surface area contributed by atoms with Crippen LogP contribution < -0.4 is 10.6 Å². The van der Waals surface area contributed by atoms with Crippen LogP contribution in [0.4, 0.5) is 9.93 Å². The number of aromatic nitrogens is 2. The van der Waals surface area contributed by atoms with E-state index in [-0.39, 0.29) is 57.8 Å². The zero-order valence-electron chi connectivity index (χ0n) is 31.7. The van der Waals surface area contributed by atoms with Gasteiger partial charge in [-0.1, -0.05) is 65.4 Å². The number of ether oxygens (including phenoxy) is 1. The minimum absolute atomic E-state index is 0.00436. The van der Waals surface area contributed by atoms with Gasteiger partial charge in [-0.3, -0.25) is 19.7 Å². The summed E-state index contributed by atoms with van der Waals surface area (Å²) in [5.41, 5.74) is 0.366. The molecule has 0 aromatic carbocycles. The van der Waals surface area contributed by atoms with Crippen molar-refractivity contribution in [2.75, 3.05) is 5.32 Å². The number of amides is 2. The van der Waals surface area contributed by atoms with E-state index in [1.165, 1.54) is 22.5 Å². The summed E-state index contributed by atoms with van der Waals surface area (Å²) in [5, 5.41) is 25.2. The van der Waals surface area contributed by atoms with Crippen LogP contribution >= 0.6 is 11.3 Å². The van der Waals surface area contributed by atoms with Crippen LogP contribution in [0.25, 0.3) is 0 Å². The number of Topliss-reactive ketones (excluding diaryl/α,β-unsaturated/α-hetero) is 1. The van der Waals surface area contributed by atoms with Gasteiger partial charge in [0, 0.05) is 17.8 Å². The van der Waals surface area contributed by atoms with Crippen molar-refractivity contribution in [1.82, 2.24) is 15.5 Å². The first kappa shape index (κ1) is 37.0. The number of rotatable bonds is 7. The van der Waals surface area contributed by atoms with Gasteiger partial charge in [0.1, 0.15) is 16.9 Å². The minimum Gasteiger partial charge on any atom is -0.481 e. The van der Waals surface area contributed by atoms with Crippen molar-refractivity contribution < 1.29 is 29.0 Å². The lowest BCUT2D eigenvalue weighted by Crippen LogP contribution is -2.65. The monoisotopic (exact) mass is 710 g/mol. The lowest BCUT2D eigenvalue weighted by atomic mass is 9.34. The molecule has 0 aliphatic heterocycles. The molecular formula is C39H58N4O6S. The molecule has 5 aliphatic carbocycles. The van der Waals surface area contributed by atoms with E-state index >= 15 is 0 Å². The average Bonchev–Trinajstić information content (AvgIpc) is 3.53. The second-order valence-corrected chi connectivity index (χ2v) is 19.9. The Morgan fingerprint density at radius 1 is 1.00 bits per heavy atom. The highest BCUT2D eigenvalue weighted by Gasteiger charge is 2.69. The van der Waals surface area contributed by atoms with Gasteiger partial charge >= 0.3 is 18.0 Å². The number of nitrogens with one attached hydrogen (secondary N) is 2. The maximum absolute atomic E-state index is 13.9. The number of hydrogen-bond acceptors (Lipinski definition) is 8. The predicted octanol–water partition coefficient (Wildman–Crippen LogP) is 8.11. The molecule has 3 N–H and O–H groups in total. The molecule has 5 aliphatic rings. The van der Waals surface area contributed by atoms with E-state index < -0.39 is 22.9 Å². The summed E-state index contributed by atoms with van der Waals surface area (Å²) in [4.78, 5) is 52.2. The molecule has 0 bridgehead atoms. The third kappa shape index (κ3) is 5.54. The van der Waals surface area contributed by atoms with E-state index in [0.717, 1.165) is 56.4 Å². The summed E-state index contributed by atoms with van der Waals surface area (Å²) < 4.78 is 6.14. The molecule has 50 heavy (non-hydrogen) atoms. The number of carboxylic acid groups (broad SMARTS) is 1. The molecule has 10 nitrogen and oxygen atoms in total. The van der Waals surface area contributed by atoms with E-state index in [0.29, 0.717) is 23.4 Å². The predicted molar refractivity (Wildman–Crippen MR) is 192 cm³/mol. The topological polar surface area (TPSA) is 148 Å². The smallest absolute Gasteiger partial charge is 0.321 e. The standard InChI is InChI=1S/C39H58N4O6S/c1-21(2)29-24(44)19-39(41-32(48)40-33-43-42-22(3)50-33)18-17-37(9)23(30(29)39)11-12-26-36(8)15-14-27(49-28(45)20-34(4,5)31(46)47)35(6,7)25(36)13-16-38(26,37)10/h21,25-27,29H,11-20H2,1-10H3,(H,46,47)(H2,40,41,43,48)/t25?,26?,27-,29?,36-,37+,38+,39+/m0/s1. The third-order valence-corrected chi connectivity index (χ3v) is 15.6. The Hall–Kier alpha value is -2.82.